The Labute approximate surface area is 99.5 Å². The van der Waals surface area contributed by atoms with Crippen molar-refractivity contribution in [1.29, 1.82) is 0 Å². The largest absolute Gasteiger partial charge is 0.315 e. The highest BCUT2D eigenvalue weighted by Gasteiger charge is 2.27. The van der Waals surface area contributed by atoms with Gasteiger partial charge in [0.15, 0.2) is 0 Å². The minimum atomic E-state index is -2.91. The van der Waals surface area contributed by atoms with Gasteiger partial charge in [0.1, 0.15) is 0 Å². The summed E-state index contributed by atoms with van der Waals surface area (Å²) in [5, 5.41) is 3.30. The maximum absolute atomic E-state index is 11.5. The lowest BCUT2D eigenvalue weighted by Crippen LogP contribution is -2.34. The van der Waals surface area contributed by atoms with Crippen molar-refractivity contribution < 1.29 is 8.42 Å². The first-order valence-electron chi connectivity index (χ1n) is 6.00. The van der Waals surface area contributed by atoms with E-state index in [1.165, 1.54) is 0 Å². The van der Waals surface area contributed by atoms with Gasteiger partial charge in [-0.1, -0.05) is 20.8 Å². The normalized spacial score (nSPS) is 21.4. The molecule has 0 atom stereocenters. The minimum Gasteiger partial charge on any atom is -0.315 e. The van der Waals surface area contributed by atoms with Gasteiger partial charge in [-0.15, -0.1) is 0 Å². The SMILES string of the molecule is CC(C)(C)CCNCCN1CCCS1(=O)=O. The van der Waals surface area contributed by atoms with Crippen molar-refractivity contribution in [2.75, 3.05) is 31.9 Å². The van der Waals surface area contributed by atoms with Gasteiger partial charge < -0.3 is 5.32 Å². The van der Waals surface area contributed by atoms with Crippen molar-refractivity contribution in [2.24, 2.45) is 5.41 Å². The molecule has 5 heteroatoms. The van der Waals surface area contributed by atoms with Crippen LogP contribution in [0.4, 0.5) is 0 Å². The lowest BCUT2D eigenvalue weighted by molar-refractivity contribution is 0.360. The number of nitrogens with zero attached hydrogens (tertiary/aromatic N) is 1. The van der Waals surface area contributed by atoms with Crippen LogP contribution in [0.1, 0.15) is 33.6 Å². The van der Waals surface area contributed by atoms with Crippen molar-refractivity contribution in [1.82, 2.24) is 9.62 Å². The molecule has 0 amide bonds. The smallest absolute Gasteiger partial charge is 0.214 e. The lowest BCUT2D eigenvalue weighted by atomic mass is 9.92. The van der Waals surface area contributed by atoms with Crippen LogP contribution in [-0.2, 0) is 10.0 Å². The Kier molecular flexibility index (Phi) is 4.76. The maximum Gasteiger partial charge on any atom is 0.214 e. The molecule has 1 aliphatic rings. The summed E-state index contributed by atoms with van der Waals surface area (Å²) in [5.74, 6) is 0.328. The molecule has 1 rings (SSSR count). The van der Waals surface area contributed by atoms with Crippen LogP contribution in [0, 0.1) is 5.41 Å². The predicted molar refractivity (Wildman–Crippen MR) is 66.9 cm³/mol. The van der Waals surface area contributed by atoms with Crippen LogP contribution in [-0.4, -0.2) is 44.7 Å². The highest BCUT2D eigenvalue weighted by molar-refractivity contribution is 7.89. The van der Waals surface area contributed by atoms with Gasteiger partial charge in [-0.2, -0.15) is 0 Å². The third-order valence-corrected chi connectivity index (χ3v) is 4.75. The Balaban J connectivity index is 2.12. The summed E-state index contributed by atoms with van der Waals surface area (Å²) in [6.07, 6.45) is 1.89. The van der Waals surface area contributed by atoms with Crippen molar-refractivity contribution in [2.45, 2.75) is 33.6 Å². The zero-order valence-corrected chi connectivity index (χ0v) is 11.4. The van der Waals surface area contributed by atoms with E-state index in [1.54, 1.807) is 4.31 Å². The third-order valence-electron chi connectivity index (χ3n) is 2.79. The second kappa shape index (κ2) is 5.47. The molecule has 0 aromatic carbocycles. The molecule has 0 saturated carbocycles. The van der Waals surface area contributed by atoms with E-state index in [4.69, 9.17) is 0 Å². The van der Waals surface area contributed by atoms with Crippen LogP contribution in [0.25, 0.3) is 0 Å². The monoisotopic (exact) mass is 248 g/mol. The second-order valence-corrected chi connectivity index (χ2v) is 7.72. The number of rotatable bonds is 5. The fourth-order valence-corrected chi connectivity index (χ4v) is 3.26. The van der Waals surface area contributed by atoms with Crippen molar-refractivity contribution in [3.63, 3.8) is 0 Å². The lowest BCUT2D eigenvalue weighted by Gasteiger charge is -2.19. The van der Waals surface area contributed by atoms with E-state index in [0.717, 1.165) is 25.9 Å². The molecular weight excluding hydrogens is 224 g/mol. The fourth-order valence-electron chi connectivity index (χ4n) is 1.73. The molecule has 0 aromatic heterocycles. The van der Waals surface area contributed by atoms with Gasteiger partial charge in [-0.05, 0) is 24.8 Å². The van der Waals surface area contributed by atoms with Crippen molar-refractivity contribution >= 4 is 10.0 Å². The molecule has 1 fully saturated rings. The Hall–Kier alpha value is -0.130. The van der Waals surface area contributed by atoms with E-state index < -0.39 is 10.0 Å². The topological polar surface area (TPSA) is 49.4 Å². The second-order valence-electron chi connectivity index (χ2n) is 5.63. The first-order chi connectivity index (χ1) is 7.31. The van der Waals surface area contributed by atoms with Gasteiger partial charge in [0, 0.05) is 19.6 Å². The Bertz CT molecular complexity index is 306. The number of hydrogen-bond donors (Lipinski definition) is 1. The van der Waals surface area contributed by atoms with Crippen LogP contribution in [0.15, 0.2) is 0 Å². The maximum atomic E-state index is 11.5. The summed E-state index contributed by atoms with van der Waals surface area (Å²) < 4.78 is 24.6. The molecule has 16 heavy (non-hydrogen) atoms. The zero-order valence-electron chi connectivity index (χ0n) is 10.6. The summed E-state index contributed by atoms with van der Waals surface area (Å²) in [7, 11) is -2.91. The Morgan fingerprint density at radius 3 is 2.44 bits per heavy atom. The molecule has 0 bridgehead atoms. The summed E-state index contributed by atoms with van der Waals surface area (Å²) in [5.41, 5.74) is 0.340. The first kappa shape index (κ1) is 13.9. The fraction of sp³-hybridized carbons (Fsp3) is 1.00. The van der Waals surface area contributed by atoms with Gasteiger partial charge in [-0.25, -0.2) is 12.7 Å². The summed E-state index contributed by atoms with van der Waals surface area (Å²) in [6.45, 7) is 9.65. The van der Waals surface area contributed by atoms with Gasteiger partial charge in [0.25, 0.3) is 0 Å². The minimum absolute atomic E-state index is 0.328. The molecule has 0 aromatic rings. The molecule has 1 aliphatic heterocycles. The molecular formula is C11H24N2O2S. The van der Waals surface area contributed by atoms with Crippen molar-refractivity contribution in [3.8, 4) is 0 Å². The Morgan fingerprint density at radius 1 is 1.25 bits per heavy atom. The molecule has 0 radical (unpaired) electrons. The highest BCUT2D eigenvalue weighted by Crippen LogP contribution is 2.17. The third kappa shape index (κ3) is 4.80. The van der Waals surface area contributed by atoms with Crippen LogP contribution < -0.4 is 5.32 Å². The number of hydrogen-bond acceptors (Lipinski definition) is 3. The molecule has 1 N–H and O–H groups in total. The van der Waals surface area contributed by atoms with E-state index in [1.807, 2.05) is 0 Å². The zero-order chi connectivity index (χ0) is 12.2. The van der Waals surface area contributed by atoms with Gasteiger partial charge in [-0.3, -0.25) is 0 Å². The van der Waals surface area contributed by atoms with E-state index in [-0.39, 0.29) is 0 Å². The summed E-state index contributed by atoms with van der Waals surface area (Å²) >= 11 is 0. The van der Waals surface area contributed by atoms with E-state index in [2.05, 4.69) is 26.1 Å². The van der Waals surface area contributed by atoms with Crippen molar-refractivity contribution in [3.05, 3.63) is 0 Å². The molecule has 1 saturated heterocycles. The molecule has 96 valence electrons. The van der Waals surface area contributed by atoms with E-state index in [9.17, 15) is 8.42 Å². The summed E-state index contributed by atoms with van der Waals surface area (Å²) in [6, 6.07) is 0. The number of sulfonamides is 1. The van der Waals surface area contributed by atoms with Gasteiger partial charge >= 0.3 is 0 Å². The molecule has 0 unspecified atom stereocenters. The average molecular weight is 248 g/mol. The first-order valence-corrected chi connectivity index (χ1v) is 7.61. The van der Waals surface area contributed by atoms with Crippen LogP contribution in [0.2, 0.25) is 0 Å². The number of nitrogens with one attached hydrogen (secondary N) is 1. The molecule has 0 spiro atoms. The summed E-state index contributed by atoms with van der Waals surface area (Å²) in [4.78, 5) is 0. The van der Waals surface area contributed by atoms with Crippen LogP contribution in [0.5, 0.6) is 0 Å². The standard InChI is InChI=1S/C11H24N2O2S/c1-11(2,3)5-6-12-7-9-13-8-4-10-16(13,14)15/h12H,4-10H2,1-3H3. The Morgan fingerprint density at radius 2 is 1.94 bits per heavy atom. The highest BCUT2D eigenvalue weighted by atomic mass is 32.2. The van der Waals surface area contributed by atoms with Gasteiger partial charge in [0.05, 0.1) is 5.75 Å². The van der Waals surface area contributed by atoms with Gasteiger partial charge in [0.2, 0.25) is 10.0 Å². The molecule has 4 nitrogen and oxygen atoms in total. The quantitative estimate of drug-likeness (QED) is 0.740. The van der Waals surface area contributed by atoms with Crippen LogP contribution >= 0.6 is 0 Å². The predicted octanol–water partition coefficient (Wildman–Crippen LogP) is 1.05. The van der Waals surface area contributed by atoms with Crippen LogP contribution in [0.3, 0.4) is 0 Å². The molecule has 1 heterocycles. The molecule has 0 aliphatic carbocycles. The average Bonchev–Trinajstić information content (AvgIpc) is 2.43. The van der Waals surface area contributed by atoms with E-state index in [0.29, 0.717) is 24.3 Å². The van der Waals surface area contributed by atoms with E-state index >= 15 is 0 Å².